The summed E-state index contributed by atoms with van der Waals surface area (Å²) in [7, 11) is 1.64. The molecule has 2 aromatic rings. The molecular formula is C14H20N4O3S. The van der Waals surface area contributed by atoms with E-state index >= 15 is 0 Å². The Kier molecular flexibility index (Phi) is 6.47. The van der Waals surface area contributed by atoms with Crippen molar-refractivity contribution in [2.45, 2.75) is 30.3 Å². The van der Waals surface area contributed by atoms with Crippen molar-refractivity contribution in [2.24, 2.45) is 0 Å². The molecule has 2 heterocycles. The average Bonchev–Trinajstić information content (AvgIpc) is 3.16. The highest BCUT2D eigenvalue weighted by Gasteiger charge is 2.17. The predicted molar refractivity (Wildman–Crippen MR) is 82.7 cm³/mol. The fraction of sp³-hybridized carbons (Fsp3) is 0.500. The molecule has 0 aliphatic carbocycles. The van der Waals surface area contributed by atoms with Gasteiger partial charge in [-0.2, -0.15) is 0 Å². The zero-order valence-corrected chi connectivity index (χ0v) is 13.5. The zero-order chi connectivity index (χ0) is 15.8. The van der Waals surface area contributed by atoms with Gasteiger partial charge < -0.3 is 19.0 Å². The molecule has 0 fully saturated rings. The minimum Gasteiger partial charge on any atom is -0.467 e. The third-order valence-electron chi connectivity index (χ3n) is 2.96. The number of nitrogens with one attached hydrogen (secondary N) is 1. The number of aromatic nitrogens is 3. The van der Waals surface area contributed by atoms with Crippen LogP contribution in [0.25, 0.3) is 0 Å². The van der Waals surface area contributed by atoms with Gasteiger partial charge in [-0.1, -0.05) is 11.8 Å². The Morgan fingerprint density at radius 1 is 1.59 bits per heavy atom. The average molecular weight is 324 g/mol. The monoisotopic (exact) mass is 324 g/mol. The van der Waals surface area contributed by atoms with Crippen molar-refractivity contribution in [1.82, 2.24) is 20.1 Å². The second-order valence-corrected chi connectivity index (χ2v) is 6.03. The first-order valence-corrected chi connectivity index (χ1v) is 7.92. The van der Waals surface area contributed by atoms with Crippen LogP contribution in [0, 0.1) is 0 Å². The molecule has 1 N–H and O–H groups in total. The van der Waals surface area contributed by atoms with Gasteiger partial charge in [-0.25, -0.2) is 0 Å². The van der Waals surface area contributed by atoms with E-state index in [-0.39, 0.29) is 11.2 Å². The first-order chi connectivity index (χ1) is 10.7. The smallest absolute Gasteiger partial charge is 0.233 e. The Balaban J connectivity index is 1.85. The minimum atomic E-state index is -0.248. The number of carbonyl (C=O) groups is 1. The molecule has 1 amide bonds. The van der Waals surface area contributed by atoms with E-state index in [1.54, 1.807) is 19.7 Å². The van der Waals surface area contributed by atoms with Crippen molar-refractivity contribution in [1.29, 1.82) is 0 Å². The van der Waals surface area contributed by atoms with Gasteiger partial charge in [0.2, 0.25) is 5.91 Å². The van der Waals surface area contributed by atoms with Crippen LogP contribution in [0.5, 0.6) is 0 Å². The van der Waals surface area contributed by atoms with E-state index in [0.717, 1.165) is 12.2 Å². The summed E-state index contributed by atoms with van der Waals surface area (Å²) in [6.45, 7) is 3.64. The number of rotatable bonds is 9. The van der Waals surface area contributed by atoms with Gasteiger partial charge in [-0.3, -0.25) is 4.79 Å². The molecule has 0 aliphatic rings. The molecule has 0 saturated heterocycles. The summed E-state index contributed by atoms with van der Waals surface area (Å²) in [6.07, 6.45) is 4.06. The highest BCUT2D eigenvalue weighted by atomic mass is 32.2. The molecule has 120 valence electrons. The third-order valence-corrected chi connectivity index (χ3v) is 4.06. The topological polar surface area (TPSA) is 82.2 Å². The standard InChI is InChI=1S/C14H20N4O3S/c1-11(13(19)15-6-4-7-20-2)22-14-17-16-10-18(14)9-12-5-3-8-21-12/h3,5,8,10-11H,4,6-7,9H2,1-2H3,(H,15,19). The van der Waals surface area contributed by atoms with Gasteiger partial charge in [-0.15, -0.1) is 10.2 Å². The number of carbonyl (C=O) groups excluding carboxylic acids is 1. The van der Waals surface area contributed by atoms with Crippen molar-refractivity contribution >= 4 is 17.7 Å². The highest BCUT2D eigenvalue weighted by molar-refractivity contribution is 8.00. The Labute approximate surface area is 133 Å². The molecule has 1 atom stereocenters. The minimum absolute atomic E-state index is 0.0198. The Hall–Kier alpha value is -1.80. The lowest BCUT2D eigenvalue weighted by Crippen LogP contribution is -2.32. The molecule has 2 aromatic heterocycles. The molecule has 0 aromatic carbocycles. The third kappa shape index (κ3) is 4.88. The van der Waals surface area contributed by atoms with Crippen LogP contribution in [-0.4, -0.2) is 46.2 Å². The van der Waals surface area contributed by atoms with E-state index in [0.29, 0.717) is 24.9 Å². The summed E-state index contributed by atoms with van der Waals surface area (Å²) >= 11 is 1.38. The lowest BCUT2D eigenvalue weighted by atomic mass is 10.4. The van der Waals surface area contributed by atoms with Gasteiger partial charge in [0.15, 0.2) is 5.16 Å². The van der Waals surface area contributed by atoms with Crippen LogP contribution < -0.4 is 5.32 Å². The maximum Gasteiger partial charge on any atom is 0.233 e. The fourth-order valence-electron chi connectivity index (χ4n) is 1.80. The number of methoxy groups -OCH3 is 1. The Morgan fingerprint density at radius 3 is 3.18 bits per heavy atom. The molecule has 0 saturated carbocycles. The maximum absolute atomic E-state index is 12.0. The number of nitrogens with zero attached hydrogens (tertiary/aromatic N) is 3. The van der Waals surface area contributed by atoms with Crippen molar-refractivity contribution in [2.75, 3.05) is 20.3 Å². The molecule has 0 bridgehead atoms. The molecule has 0 radical (unpaired) electrons. The van der Waals surface area contributed by atoms with Crippen LogP contribution in [0.3, 0.4) is 0 Å². The number of hydrogen-bond acceptors (Lipinski definition) is 6. The van der Waals surface area contributed by atoms with Crippen LogP contribution >= 0.6 is 11.8 Å². The van der Waals surface area contributed by atoms with Crippen molar-refractivity contribution in [3.8, 4) is 0 Å². The van der Waals surface area contributed by atoms with Crippen molar-refractivity contribution in [3.05, 3.63) is 30.5 Å². The summed E-state index contributed by atoms with van der Waals surface area (Å²) in [6, 6.07) is 3.73. The number of thioether (sulfide) groups is 1. The van der Waals surface area contributed by atoms with E-state index < -0.39 is 0 Å². The number of ether oxygens (including phenoxy) is 1. The quantitative estimate of drug-likeness (QED) is 0.557. The zero-order valence-electron chi connectivity index (χ0n) is 12.7. The van der Waals surface area contributed by atoms with Gasteiger partial charge >= 0.3 is 0 Å². The predicted octanol–water partition coefficient (Wildman–Crippen LogP) is 1.55. The molecule has 8 heteroatoms. The molecule has 2 rings (SSSR count). The summed E-state index contributed by atoms with van der Waals surface area (Å²) in [5, 5.41) is 11.3. The molecule has 0 spiro atoms. The molecular weight excluding hydrogens is 304 g/mol. The Bertz CT molecular complexity index is 570. The largest absolute Gasteiger partial charge is 0.467 e. The van der Waals surface area contributed by atoms with Crippen LogP contribution in [0.1, 0.15) is 19.1 Å². The fourth-order valence-corrected chi connectivity index (χ4v) is 2.65. The first kappa shape index (κ1) is 16.6. The summed E-state index contributed by atoms with van der Waals surface area (Å²) in [4.78, 5) is 12.0. The van der Waals surface area contributed by atoms with Crippen LogP contribution in [0.2, 0.25) is 0 Å². The van der Waals surface area contributed by atoms with E-state index in [1.807, 2.05) is 23.6 Å². The van der Waals surface area contributed by atoms with Crippen molar-refractivity contribution in [3.63, 3.8) is 0 Å². The van der Waals surface area contributed by atoms with Crippen LogP contribution in [-0.2, 0) is 16.1 Å². The molecule has 7 nitrogen and oxygen atoms in total. The van der Waals surface area contributed by atoms with E-state index in [1.165, 1.54) is 11.8 Å². The van der Waals surface area contributed by atoms with E-state index in [4.69, 9.17) is 9.15 Å². The number of amides is 1. The number of furan rings is 1. The SMILES string of the molecule is COCCCNC(=O)C(C)Sc1nncn1Cc1ccco1. The second-order valence-electron chi connectivity index (χ2n) is 4.72. The number of hydrogen-bond donors (Lipinski definition) is 1. The van der Waals surface area contributed by atoms with Gasteiger partial charge in [0, 0.05) is 20.3 Å². The van der Waals surface area contributed by atoms with Crippen molar-refractivity contribution < 1.29 is 13.9 Å². The Morgan fingerprint density at radius 2 is 2.45 bits per heavy atom. The van der Waals surface area contributed by atoms with Gasteiger partial charge in [0.1, 0.15) is 12.1 Å². The lowest BCUT2D eigenvalue weighted by Gasteiger charge is -2.11. The maximum atomic E-state index is 12.0. The molecule has 22 heavy (non-hydrogen) atoms. The van der Waals surface area contributed by atoms with E-state index in [9.17, 15) is 4.79 Å². The summed E-state index contributed by atoms with van der Waals surface area (Å²) in [5.41, 5.74) is 0. The summed E-state index contributed by atoms with van der Waals surface area (Å²) < 4.78 is 12.1. The lowest BCUT2D eigenvalue weighted by molar-refractivity contribution is -0.120. The second kappa shape index (κ2) is 8.60. The normalized spacial score (nSPS) is 12.3. The van der Waals surface area contributed by atoms with Gasteiger partial charge in [-0.05, 0) is 25.5 Å². The first-order valence-electron chi connectivity index (χ1n) is 7.04. The highest BCUT2D eigenvalue weighted by Crippen LogP contribution is 2.21. The summed E-state index contributed by atoms with van der Waals surface area (Å²) in [5.74, 6) is 0.798. The van der Waals surface area contributed by atoms with Crippen LogP contribution in [0.15, 0.2) is 34.3 Å². The van der Waals surface area contributed by atoms with Crippen LogP contribution in [0.4, 0.5) is 0 Å². The molecule has 0 aliphatic heterocycles. The molecule has 1 unspecified atom stereocenters. The van der Waals surface area contributed by atoms with E-state index in [2.05, 4.69) is 15.5 Å². The van der Waals surface area contributed by atoms with Gasteiger partial charge in [0.05, 0.1) is 18.1 Å². The van der Waals surface area contributed by atoms with Gasteiger partial charge in [0.25, 0.3) is 0 Å².